The minimum Gasteiger partial charge on any atom is -0.383 e. The maximum atomic E-state index is 11.3. The highest BCUT2D eigenvalue weighted by atomic mass is 32.1. The minimum absolute atomic E-state index is 0.0510. The predicted molar refractivity (Wildman–Crippen MR) is 68.1 cm³/mol. The van der Waals surface area contributed by atoms with Crippen LogP contribution in [0.5, 0.6) is 0 Å². The zero-order valence-corrected chi connectivity index (χ0v) is 11.1. The Balaban J connectivity index is 2.02. The molecule has 1 amide bonds. The van der Waals surface area contributed by atoms with Gasteiger partial charge in [0.25, 0.3) is 0 Å². The number of rotatable bonds is 8. The lowest BCUT2D eigenvalue weighted by atomic mass is 10.4. The third-order valence-corrected chi connectivity index (χ3v) is 3.04. The predicted octanol–water partition coefficient (Wildman–Crippen LogP) is 0.694. The second-order valence-electron chi connectivity index (χ2n) is 3.62. The zero-order valence-electron chi connectivity index (χ0n) is 10.3. The number of methoxy groups -OCH3 is 1. The number of aromatic nitrogens is 1. The molecule has 0 unspecified atom stereocenters. The molecule has 5 nitrogen and oxygen atoms in total. The second-order valence-corrected chi connectivity index (χ2v) is 4.93. The molecule has 1 rings (SSSR count). The van der Waals surface area contributed by atoms with Crippen LogP contribution in [-0.2, 0) is 16.1 Å². The van der Waals surface area contributed by atoms with Crippen molar-refractivity contribution in [3.8, 4) is 0 Å². The quantitative estimate of drug-likeness (QED) is 0.673. The standard InChI is InChI=1S/C11H19N3O2S/c1-9-14-8-10(17-9)7-12-4-3-11(15)13-5-6-16-2/h8,12H,3-7H2,1-2H3,(H,13,15). The Hall–Kier alpha value is -0.980. The zero-order chi connectivity index (χ0) is 12.5. The first-order chi connectivity index (χ1) is 8.22. The summed E-state index contributed by atoms with van der Waals surface area (Å²) < 4.78 is 4.84. The molecule has 0 atom stereocenters. The SMILES string of the molecule is COCCNC(=O)CCNCc1cnc(C)s1. The molecule has 0 fully saturated rings. The van der Waals surface area contributed by atoms with E-state index in [9.17, 15) is 4.79 Å². The van der Waals surface area contributed by atoms with Crippen LogP contribution >= 0.6 is 11.3 Å². The topological polar surface area (TPSA) is 63.2 Å². The molecular weight excluding hydrogens is 238 g/mol. The van der Waals surface area contributed by atoms with Crippen molar-refractivity contribution >= 4 is 17.2 Å². The number of hydrogen-bond acceptors (Lipinski definition) is 5. The Bertz CT molecular complexity index is 341. The lowest BCUT2D eigenvalue weighted by Gasteiger charge is -2.05. The highest BCUT2D eigenvalue weighted by Gasteiger charge is 2.01. The summed E-state index contributed by atoms with van der Waals surface area (Å²) in [6.45, 7) is 4.56. The van der Waals surface area contributed by atoms with Gasteiger partial charge in [0.1, 0.15) is 0 Å². The van der Waals surface area contributed by atoms with E-state index in [1.165, 1.54) is 4.88 Å². The molecule has 0 radical (unpaired) electrons. The number of ether oxygens (including phenoxy) is 1. The van der Waals surface area contributed by atoms with Crippen LogP contribution in [0.2, 0.25) is 0 Å². The summed E-state index contributed by atoms with van der Waals surface area (Å²) in [4.78, 5) is 16.7. The first-order valence-electron chi connectivity index (χ1n) is 5.60. The molecule has 0 aromatic carbocycles. The Labute approximate surface area is 106 Å². The average molecular weight is 257 g/mol. The van der Waals surface area contributed by atoms with Crippen molar-refractivity contribution in [2.75, 3.05) is 26.8 Å². The summed E-state index contributed by atoms with van der Waals surface area (Å²) in [5, 5.41) is 7.06. The molecule has 96 valence electrons. The second kappa shape index (κ2) is 8.16. The van der Waals surface area contributed by atoms with Gasteiger partial charge in [-0.3, -0.25) is 4.79 Å². The number of carbonyl (C=O) groups excluding carboxylic acids is 1. The fraction of sp³-hybridized carbons (Fsp3) is 0.636. The lowest BCUT2D eigenvalue weighted by Crippen LogP contribution is -2.29. The summed E-state index contributed by atoms with van der Waals surface area (Å²) in [5.41, 5.74) is 0. The largest absolute Gasteiger partial charge is 0.383 e. The monoisotopic (exact) mass is 257 g/mol. The van der Waals surface area contributed by atoms with Crippen LogP contribution in [0.15, 0.2) is 6.20 Å². The Morgan fingerprint density at radius 3 is 3.00 bits per heavy atom. The summed E-state index contributed by atoms with van der Waals surface area (Å²) in [6, 6.07) is 0. The van der Waals surface area contributed by atoms with E-state index in [4.69, 9.17) is 4.74 Å². The maximum Gasteiger partial charge on any atom is 0.221 e. The fourth-order valence-electron chi connectivity index (χ4n) is 1.28. The normalized spacial score (nSPS) is 10.5. The third kappa shape index (κ3) is 6.35. The fourth-order valence-corrected chi connectivity index (χ4v) is 2.05. The molecule has 17 heavy (non-hydrogen) atoms. The molecule has 1 aromatic rings. The molecule has 0 saturated carbocycles. The number of hydrogen-bond donors (Lipinski definition) is 2. The number of nitrogens with zero attached hydrogens (tertiary/aromatic N) is 1. The first-order valence-corrected chi connectivity index (χ1v) is 6.41. The molecule has 1 aromatic heterocycles. The number of aryl methyl sites for hydroxylation is 1. The van der Waals surface area contributed by atoms with E-state index < -0.39 is 0 Å². The van der Waals surface area contributed by atoms with Gasteiger partial charge in [-0.25, -0.2) is 4.98 Å². The van der Waals surface area contributed by atoms with Crippen LogP contribution in [0.3, 0.4) is 0 Å². The molecule has 1 heterocycles. The van der Waals surface area contributed by atoms with Crippen molar-refractivity contribution in [2.45, 2.75) is 19.9 Å². The molecular formula is C11H19N3O2S. The summed E-state index contributed by atoms with van der Waals surface area (Å²) in [5.74, 6) is 0.0510. The smallest absolute Gasteiger partial charge is 0.221 e. The van der Waals surface area contributed by atoms with Gasteiger partial charge in [0, 0.05) is 44.2 Å². The number of thiazole rings is 1. The van der Waals surface area contributed by atoms with E-state index in [-0.39, 0.29) is 5.91 Å². The van der Waals surface area contributed by atoms with E-state index in [0.29, 0.717) is 26.1 Å². The summed E-state index contributed by atoms with van der Waals surface area (Å²) >= 11 is 1.67. The molecule has 0 spiro atoms. The van der Waals surface area contributed by atoms with Gasteiger partial charge in [-0.2, -0.15) is 0 Å². The Morgan fingerprint density at radius 2 is 2.35 bits per heavy atom. The Kier molecular flexibility index (Phi) is 6.76. The number of amides is 1. The van der Waals surface area contributed by atoms with Crippen molar-refractivity contribution < 1.29 is 9.53 Å². The van der Waals surface area contributed by atoms with Gasteiger partial charge in [0.2, 0.25) is 5.91 Å². The number of nitrogens with one attached hydrogen (secondary N) is 2. The van der Waals surface area contributed by atoms with E-state index in [2.05, 4.69) is 15.6 Å². The van der Waals surface area contributed by atoms with E-state index in [1.807, 2.05) is 13.1 Å². The van der Waals surface area contributed by atoms with Crippen molar-refractivity contribution in [1.82, 2.24) is 15.6 Å². The van der Waals surface area contributed by atoms with Gasteiger partial charge in [0.05, 0.1) is 11.6 Å². The van der Waals surface area contributed by atoms with Crippen molar-refractivity contribution in [3.63, 3.8) is 0 Å². The van der Waals surface area contributed by atoms with E-state index in [0.717, 1.165) is 11.6 Å². The van der Waals surface area contributed by atoms with Crippen LogP contribution in [0.1, 0.15) is 16.3 Å². The van der Waals surface area contributed by atoms with E-state index >= 15 is 0 Å². The van der Waals surface area contributed by atoms with Gasteiger partial charge in [-0.1, -0.05) is 0 Å². The van der Waals surface area contributed by atoms with Crippen molar-refractivity contribution in [3.05, 3.63) is 16.1 Å². The first kappa shape index (κ1) is 14.1. The molecule has 2 N–H and O–H groups in total. The van der Waals surface area contributed by atoms with Gasteiger partial charge >= 0.3 is 0 Å². The average Bonchev–Trinajstić information content (AvgIpc) is 2.71. The number of carbonyl (C=O) groups is 1. The molecule has 0 aliphatic heterocycles. The van der Waals surface area contributed by atoms with Crippen LogP contribution in [0.4, 0.5) is 0 Å². The summed E-state index contributed by atoms with van der Waals surface area (Å²) in [6.07, 6.45) is 2.35. The molecule has 0 saturated heterocycles. The van der Waals surface area contributed by atoms with E-state index in [1.54, 1.807) is 18.4 Å². The van der Waals surface area contributed by atoms with Gasteiger partial charge in [0.15, 0.2) is 0 Å². The van der Waals surface area contributed by atoms with Crippen LogP contribution in [0.25, 0.3) is 0 Å². The van der Waals surface area contributed by atoms with Gasteiger partial charge in [-0.05, 0) is 6.92 Å². The van der Waals surface area contributed by atoms with Gasteiger partial charge in [-0.15, -0.1) is 11.3 Å². The highest BCUT2D eigenvalue weighted by Crippen LogP contribution is 2.10. The van der Waals surface area contributed by atoms with Crippen molar-refractivity contribution in [2.24, 2.45) is 0 Å². The van der Waals surface area contributed by atoms with Crippen molar-refractivity contribution in [1.29, 1.82) is 0 Å². The van der Waals surface area contributed by atoms with Crippen LogP contribution in [-0.4, -0.2) is 37.7 Å². The van der Waals surface area contributed by atoms with Gasteiger partial charge < -0.3 is 15.4 Å². The molecule has 0 aliphatic carbocycles. The van der Waals surface area contributed by atoms with Crippen LogP contribution < -0.4 is 10.6 Å². The molecule has 0 bridgehead atoms. The van der Waals surface area contributed by atoms with Crippen LogP contribution in [0, 0.1) is 6.92 Å². The maximum absolute atomic E-state index is 11.3. The highest BCUT2D eigenvalue weighted by molar-refractivity contribution is 7.11. The Morgan fingerprint density at radius 1 is 1.53 bits per heavy atom. The lowest BCUT2D eigenvalue weighted by molar-refractivity contribution is -0.121. The molecule has 0 aliphatic rings. The molecule has 6 heteroatoms. The minimum atomic E-state index is 0.0510. The third-order valence-electron chi connectivity index (χ3n) is 2.13. The summed E-state index contributed by atoms with van der Waals surface area (Å²) in [7, 11) is 1.62.